The highest BCUT2D eigenvalue weighted by molar-refractivity contribution is 6.31. The zero-order valence-corrected chi connectivity index (χ0v) is 15.8. The second-order valence-electron chi connectivity index (χ2n) is 7.15. The smallest absolute Gasteiger partial charge is 0.253 e. The van der Waals surface area contributed by atoms with Crippen molar-refractivity contribution in [2.45, 2.75) is 25.0 Å². The van der Waals surface area contributed by atoms with Gasteiger partial charge in [0.1, 0.15) is 12.7 Å². The van der Waals surface area contributed by atoms with Gasteiger partial charge in [-0.15, -0.1) is 0 Å². The fraction of sp³-hybridized carbons (Fsp3) is 0.333. The van der Waals surface area contributed by atoms with Crippen LogP contribution in [0.2, 0.25) is 5.02 Å². The molecule has 4 rings (SSSR count). The van der Waals surface area contributed by atoms with Gasteiger partial charge in [-0.05, 0) is 36.6 Å². The van der Waals surface area contributed by atoms with E-state index in [0.29, 0.717) is 30.1 Å². The van der Waals surface area contributed by atoms with Crippen molar-refractivity contribution >= 4 is 23.4 Å². The van der Waals surface area contributed by atoms with Crippen molar-refractivity contribution in [3.8, 4) is 0 Å². The van der Waals surface area contributed by atoms with Gasteiger partial charge < -0.3 is 15.0 Å². The van der Waals surface area contributed by atoms with Gasteiger partial charge in [0, 0.05) is 23.7 Å². The second kappa shape index (κ2) is 6.98. The largest absolute Gasteiger partial charge is 0.364 e. The van der Waals surface area contributed by atoms with Crippen LogP contribution in [0.3, 0.4) is 0 Å². The van der Waals surface area contributed by atoms with Gasteiger partial charge in [-0.1, -0.05) is 48.0 Å². The average molecular weight is 385 g/mol. The fourth-order valence-electron chi connectivity index (χ4n) is 3.95. The third kappa shape index (κ3) is 3.22. The van der Waals surface area contributed by atoms with E-state index >= 15 is 0 Å². The summed E-state index contributed by atoms with van der Waals surface area (Å²) >= 11 is 6.18. The molecule has 5 nitrogen and oxygen atoms in total. The molecule has 6 heteroatoms. The first-order chi connectivity index (χ1) is 13.0. The molecular formula is C21H21ClN2O3. The predicted octanol–water partition coefficient (Wildman–Crippen LogP) is 2.90. The first-order valence-electron chi connectivity index (χ1n) is 9.03. The van der Waals surface area contributed by atoms with E-state index in [1.54, 1.807) is 17.0 Å². The molecule has 2 fully saturated rings. The highest BCUT2D eigenvalue weighted by Gasteiger charge is 2.49. The van der Waals surface area contributed by atoms with Crippen molar-refractivity contribution in [1.82, 2.24) is 10.2 Å². The van der Waals surface area contributed by atoms with Crippen LogP contribution in [0, 0.1) is 6.92 Å². The Morgan fingerprint density at radius 1 is 1.26 bits per heavy atom. The van der Waals surface area contributed by atoms with Crippen molar-refractivity contribution in [2.24, 2.45) is 0 Å². The molecule has 2 heterocycles. The van der Waals surface area contributed by atoms with Gasteiger partial charge in [0.2, 0.25) is 5.91 Å². The summed E-state index contributed by atoms with van der Waals surface area (Å²) in [6.07, 6.45) is 0.301. The highest BCUT2D eigenvalue weighted by atomic mass is 35.5. The zero-order valence-electron chi connectivity index (χ0n) is 15.1. The van der Waals surface area contributed by atoms with E-state index in [1.807, 2.05) is 43.3 Å². The standard InChI is InChI=1S/C21H21ClN2O3/c1-14-7-8-15(11-17(14)22)20(26)24-10-9-21(16-5-3-2-4-6-16)18(12-24)27-13-19(25)23-21/h2-8,11,18H,9-10,12-13H2,1H3,(H,23,25)/t18-,21+/m1/s1. The number of ether oxygens (including phenoxy) is 1. The number of piperidine rings is 1. The van der Waals surface area contributed by atoms with E-state index < -0.39 is 5.54 Å². The number of carbonyl (C=O) groups excluding carboxylic acids is 2. The first-order valence-corrected chi connectivity index (χ1v) is 9.41. The monoisotopic (exact) mass is 384 g/mol. The van der Waals surface area contributed by atoms with Gasteiger partial charge >= 0.3 is 0 Å². The number of benzene rings is 2. The minimum absolute atomic E-state index is 0.0115. The lowest BCUT2D eigenvalue weighted by Crippen LogP contribution is -2.67. The Morgan fingerprint density at radius 3 is 2.78 bits per heavy atom. The van der Waals surface area contributed by atoms with Gasteiger partial charge in [-0.3, -0.25) is 9.59 Å². The van der Waals surface area contributed by atoms with E-state index in [0.717, 1.165) is 11.1 Å². The summed E-state index contributed by atoms with van der Waals surface area (Å²) in [6, 6.07) is 15.2. The molecular weight excluding hydrogens is 364 g/mol. The van der Waals surface area contributed by atoms with Crippen LogP contribution in [0.4, 0.5) is 0 Å². The number of morpholine rings is 1. The van der Waals surface area contributed by atoms with Gasteiger partial charge in [-0.2, -0.15) is 0 Å². The minimum atomic E-state index is -0.599. The zero-order chi connectivity index (χ0) is 19.0. The molecule has 0 saturated carbocycles. The Hall–Kier alpha value is -2.37. The van der Waals surface area contributed by atoms with Gasteiger partial charge in [-0.25, -0.2) is 0 Å². The van der Waals surface area contributed by atoms with Crippen LogP contribution in [0.15, 0.2) is 48.5 Å². The molecule has 0 spiro atoms. The molecule has 2 aromatic carbocycles. The predicted molar refractivity (Wildman–Crippen MR) is 103 cm³/mol. The molecule has 27 heavy (non-hydrogen) atoms. The molecule has 2 atom stereocenters. The van der Waals surface area contributed by atoms with Crippen LogP contribution >= 0.6 is 11.6 Å². The van der Waals surface area contributed by atoms with Crippen LogP contribution in [0.25, 0.3) is 0 Å². The minimum Gasteiger partial charge on any atom is -0.364 e. The fourth-order valence-corrected chi connectivity index (χ4v) is 4.13. The van der Waals surface area contributed by atoms with Crippen molar-refractivity contribution in [3.63, 3.8) is 0 Å². The third-order valence-electron chi connectivity index (χ3n) is 5.48. The van der Waals surface area contributed by atoms with E-state index in [4.69, 9.17) is 16.3 Å². The summed E-state index contributed by atoms with van der Waals surface area (Å²) in [5.41, 5.74) is 1.91. The molecule has 0 bridgehead atoms. The van der Waals surface area contributed by atoms with E-state index in [2.05, 4.69) is 5.32 Å². The Labute approximate surface area is 163 Å². The first kappa shape index (κ1) is 18.0. The van der Waals surface area contributed by atoms with Crippen LogP contribution in [0.5, 0.6) is 0 Å². The Bertz CT molecular complexity index is 886. The van der Waals surface area contributed by atoms with Crippen molar-refractivity contribution in [1.29, 1.82) is 0 Å². The third-order valence-corrected chi connectivity index (χ3v) is 5.89. The Morgan fingerprint density at radius 2 is 2.04 bits per heavy atom. The van der Waals surface area contributed by atoms with Crippen LogP contribution < -0.4 is 5.32 Å². The number of amides is 2. The summed E-state index contributed by atoms with van der Waals surface area (Å²) < 4.78 is 5.88. The summed E-state index contributed by atoms with van der Waals surface area (Å²) in [5, 5.41) is 3.72. The molecule has 2 saturated heterocycles. The quantitative estimate of drug-likeness (QED) is 0.866. The van der Waals surface area contributed by atoms with E-state index in [9.17, 15) is 9.59 Å². The number of halogens is 1. The number of carbonyl (C=O) groups is 2. The maximum atomic E-state index is 13.0. The van der Waals surface area contributed by atoms with Crippen molar-refractivity contribution in [2.75, 3.05) is 19.7 Å². The topological polar surface area (TPSA) is 58.6 Å². The SMILES string of the molecule is Cc1ccc(C(=O)N2CC[C@@]3(c4ccccc4)NC(=O)CO[C@@H]3C2)cc1Cl. The molecule has 0 aliphatic carbocycles. The Balaban J connectivity index is 1.61. The number of aryl methyl sites for hydroxylation is 1. The number of fused-ring (bicyclic) bond motifs is 1. The van der Waals surface area contributed by atoms with Crippen LogP contribution in [0.1, 0.15) is 27.9 Å². The summed E-state index contributed by atoms with van der Waals surface area (Å²) in [7, 11) is 0. The summed E-state index contributed by atoms with van der Waals surface area (Å²) in [4.78, 5) is 26.8. The van der Waals surface area contributed by atoms with Crippen LogP contribution in [-0.4, -0.2) is 42.5 Å². The lowest BCUT2D eigenvalue weighted by Gasteiger charge is -2.50. The van der Waals surface area contributed by atoms with E-state index in [1.165, 1.54) is 0 Å². The van der Waals surface area contributed by atoms with Crippen molar-refractivity contribution < 1.29 is 14.3 Å². The highest BCUT2D eigenvalue weighted by Crippen LogP contribution is 2.37. The lowest BCUT2D eigenvalue weighted by molar-refractivity contribution is -0.150. The molecule has 1 N–H and O–H groups in total. The molecule has 2 aliphatic rings. The molecule has 140 valence electrons. The maximum absolute atomic E-state index is 13.0. The summed E-state index contributed by atoms with van der Waals surface area (Å²) in [6.45, 7) is 2.86. The molecule has 0 aromatic heterocycles. The average Bonchev–Trinajstić information content (AvgIpc) is 2.69. The molecule has 0 radical (unpaired) electrons. The van der Waals surface area contributed by atoms with Gasteiger partial charge in [0.25, 0.3) is 5.91 Å². The Kier molecular flexibility index (Phi) is 4.66. The molecule has 0 unspecified atom stereocenters. The molecule has 2 aromatic rings. The number of nitrogens with one attached hydrogen (secondary N) is 1. The number of nitrogens with zero attached hydrogens (tertiary/aromatic N) is 1. The molecule has 2 amide bonds. The van der Waals surface area contributed by atoms with Gasteiger partial charge in [0.15, 0.2) is 0 Å². The number of hydrogen-bond acceptors (Lipinski definition) is 3. The normalized spacial score (nSPS) is 24.9. The van der Waals surface area contributed by atoms with Crippen molar-refractivity contribution in [3.05, 3.63) is 70.2 Å². The summed E-state index contributed by atoms with van der Waals surface area (Å²) in [5.74, 6) is -0.195. The molecule has 2 aliphatic heterocycles. The van der Waals surface area contributed by atoms with Crippen LogP contribution in [-0.2, 0) is 15.1 Å². The maximum Gasteiger partial charge on any atom is 0.253 e. The number of hydrogen-bond donors (Lipinski definition) is 1. The lowest BCUT2D eigenvalue weighted by atomic mass is 9.77. The van der Waals surface area contributed by atoms with E-state index in [-0.39, 0.29) is 24.5 Å². The second-order valence-corrected chi connectivity index (χ2v) is 7.56. The number of rotatable bonds is 2. The number of likely N-dealkylation sites (tertiary alicyclic amines) is 1. The van der Waals surface area contributed by atoms with Gasteiger partial charge in [0.05, 0.1) is 5.54 Å².